The van der Waals surface area contributed by atoms with Crippen LogP contribution in [0.2, 0.25) is 0 Å². The van der Waals surface area contributed by atoms with Gasteiger partial charge in [0.1, 0.15) is 6.54 Å². The van der Waals surface area contributed by atoms with Gasteiger partial charge in [-0.2, -0.15) is 16.3 Å². The molecule has 0 aliphatic carbocycles. The molecule has 2 heterocycles. The molecule has 2 aromatic heterocycles. The fourth-order valence-corrected chi connectivity index (χ4v) is 2.82. The first-order valence-electron chi connectivity index (χ1n) is 8.27. The molecule has 0 aliphatic heterocycles. The van der Waals surface area contributed by atoms with Gasteiger partial charge in [-0.05, 0) is 35.2 Å². The molecule has 0 radical (unpaired) electrons. The van der Waals surface area contributed by atoms with Crippen molar-refractivity contribution in [2.75, 3.05) is 13.1 Å². The summed E-state index contributed by atoms with van der Waals surface area (Å²) in [6.45, 7) is 12.4. The quantitative estimate of drug-likeness (QED) is 0.618. The van der Waals surface area contributed by atoms with E-state index in [9.17, 15) is 0 Å². The highest BCUT2D eigenvalue weighted by Crippen LogP contribution is 2.20. The fourth-order valence-electron chi connectivity index (χ4n) is 2.04. The molecule has 0 aliphatic rings. The minimum atomic E-state index is -0.145. The fraction of sp³-hybridized carbons (Fsp3) is 0.588. The predicted octanol–water partition coefficient (Wildman–Crippen LogP) is 3.29. The van der Waals surface area contributed by atoms with E-state index in [2.05, 4.69) is 49.5 Å². The summed E-state index contributed by atoms with van der Waals surface area (Å²) in [5.41, 5.74) is 1.20. The minimum absolute atomic E-state index is 0.145. The first kappa shape index (κ1) is 18.4. The van der Waals surface area contributed by atoms with E-state index in [-0.39, 0.29) is 5.41 Å². The molecule has 0 fully saturated rings. The number of hydrogen-bond acceptors (Lipinski definition) is 5. The van der Waals surface area contributed by atoms with Crippen molar-refractivity contribution in [3.8, 4) is 0 Å². The van der Waals surface area contributed by atoms with Crippen LogP contribution in [0.1, 0.15) is 57.8 Å². The second-order valence-corrected chi connectivity index (χ2v) is 7.58. The van der Waals surface area contributed by atoms with Gasteiger partial charge < -0.3 is 15.2 Å². The zero-order valence-corrected chi connectivity index (χ0v) is 15.9. The maximum Gasteiger partial charge on any atom is 0.232 e. The van der Waals surface area contributed by atoms with Crippen LogP contribution in [0.25, 0.3) is 0 Å². The highest BCUT2D eigenvalue weighted by molar-refractivity contribution is 7.07. The molecule has 1 unspecified atom stereocenters. The van der Waals surface area contributed by atoms with E-state index in [0.29, 0.717) is 24.2 Å². The molecule has 24 heavy (non-hydrogen) atoms. The molecular formula is C17H27N5OS. The largest absolute Gasteiger partial charge is 0.357 e. The molecule has 0 aromatic carbocycles. The van der Waals surface area contributed by atoms with Gasteiger partial charge in [-0.1, -0.05) is 32.9 Å². The van der Waals surface area contributed by atoms with Crippen LogP contribution in [0.5, 0.6) is 0 Å². The van der Waals surface area contributed by atoms with E-state index >= 15 is 0 Å². The summed E-state index contributed by atoms with van der Waals surface area (Å²) in [7, 11) is 0. The molecule has 0 spiro atoms. The van der Waals surface area contributed by atoms with E-state index in [0.717, 1.165) is 19.0 Å². The third-order valence-electron chi connectivity index (χ3n) is 3.52. The smallest absolute Gasteiger partial charge is 0.232 e. The number of aliphatic imine (C=N–C) groups is 1. The molecule has 0 saturated carbocycles. The third-order valence-corrected chi connectivity index (χ3v) is 4.22. The number of nitrogens with zero attached hydrogens (tertiary/aromatic N) is 3. The molecule has 132 valence electrons. The predicted molar refractivity (Wildman–Crippen MR) is 98.6 cm³/mol. The van der Waals surface area contributed by atoms with Crippen LogP contribution in [0.4, 0.5) is 0 Å². The standard InChI is InChI=1S/C17H27N5OS/c1-6-18-16(19-9-12(2)13-7-8-24-11-13)20-10-14-21-15(23-22-14)17(3,4)5/h7-8,11-12H,6,9-10H2,1-5H3,(H2,18,19,20). The van der Waals surface area contributed by atoms with Crippen molar-refractivity contribution in [1.82, 2.24) is 20.8 Å². The molecule has 0 bridgehead atoms. The van der Waals surface area contributed by atoms with Crippen LogP contribution in [-0.4, -0.2) is 29.2 Å². The lowest BCUT2D eigenvalue weighted by Gasteiger charge is -2.15. The van der Waals surface area contributed by atoms with E-state index in [1.165, 1.54) is 5.56 Å². The monoisotopic (exact) mass is 349 g/mol. The van der Waals surface area contributed by atoms with Gasteiger partial charge in [-0.25, -0.2) is 4.99 Å². The summed E-state index contributed by atoms with van der Waals surface area (Å²) in [4.78, 5) is 8.95. The Morgan fingerprint density at radius 1 is 1.38 bits per heavy atom. The Morgan fingerprint density at radius 2 is 2.17 bits per heavy atom. The van der Waals surface area contributed by atoms with Crippen molar-refractivity contribution >= 4 is 17.3 Å². The van der Waals surface area contributed by atoms with Gasteiger partial charge in [0.15, 0.2) is 11.8 Å². The van der Waals surface area contributed by atoms with Crippen molar-refractivity contribution in [3.63, 3.8) is 0 Å². The van der Waals surface area contributed by atoms with Gasteiger partial charge >= 0.3 is 0 Å². The molecule has 7 heteroatoms. The Labute approximate surface area is 147 Å². The summed E-state index contributed by atoms with van der Waals surface area (Å²) in [6, 6.07) is 2.16. The first-order valence-corrected chi connectivity index (χ1v) is 9.21. The molecule has 1 atom stereocenters. The lowest BCUT2D eigenvalue weighted by Crippen LogP contribution is -2.39. The van der Waals surface area contributed by atoms with Crippen molar-refractivity contribution in [3.05, 3.63) is 34.1 Å². The van der Waals surface area contributed by atoms with Gasteiger partial charge in [0, 0.05) is 18.5 Å². The Bertz CT molecular complexity index is 642. The zero-order valence-electron chi connectivity index (χ0n) is 15.1. The third kappa shape index (κ3) is 5.33. The van der Waals surface area contributed by atoms with Gasteiger partial charge in [0.05, 0.1) is 0 Å². The average Bonchev–Trinajstić information content (AvgIpc) is 3.20. The van der Waals surface area contributed by atoms with E-state index in [1.807, 2.05) is 27.7 Å². The van der Waals surface area contributed by atoms with Crippen LogP contribution < -0.4 is 10.6 Å². The number of aromatic nitrogens is 2. The number of hydrogen-bond donors (Lipinski definition) is 2. The lowest BCUT2D eigenvalue weighted by molar-refractivity contribution is 0.318. The number of rotatable bonds is 6. The van der Waals surface area contributed by atoms with Crippen molar-refractivity contribution in [1.29, 1.82) is 0 Å². The van der Waals surface area contributed by atoms with E-state index < -0.39 is 0 Å². The molecule has 0 saturated heterocycles. The first-order chi connectivity index (χ1) is 11.4. The number of nitrogens with one attached hydrogen (secondary N) is 2. The molecule has 2 rings (SSSR count). The zero-order chi connectivity index (χ0) is 17.6. The summed E-state index contributed by atoms with van der Waals surface area (Å²) in [5, 5.41) is 14.9. The summed E-state index contributed by atoms with van der Waals surface area (Å²) in [5.74, 6) is 2.43. The SMILES string of the molecule is CCNC(=NCc1noc(C(C)(C)C)n1)NCC(C)c1ccsc1. The van der Waals surface area contributed by atoms with Gasteiger partial charge in [-0.3, -0.25) is 0 Å². The van der Waals surface area contributed by atoms with Crippen LogP contribution in [-0.2, 0) is 12.0 Å². The van der Waals surface area contributed by atoms with Crippen molar-refractivity contribution < 1.29 is 4.52 Å². The van der Waals surface area contributed by atoms with Crippen LogP contribution in [0.15, 0.2) is 26.3 Å². The molecule has 2 aromatic rings. The maximum atomic E-state index is 5.30. The molecule has 2 N–H and O–H groups in total. The minimum Gasteiger partial charge on any atom is -0.357 e. The van der Waals surface area contributed by atoms with E-state index in [4.69, 9.17) is 4.52 Å². The second kappa shape index (κ2) is 8.28. The lowest BCUT2D eigenvalue weighted by atomic mass is 9.97. The molecule has 0 amide bonds. The van der Waals surface area contributed by atoms with Crippen LogP contribution in [0.3, 0.4) is 0 Å². The topological polar surface area (TPSA) is 75.3 Å². The Morgan fingerprint density at radius 3 is 2.75 bits per heavy atom. The average molecular weight is 350 g/mol. The van der Waals surface area contributed by atoms with Crippen LogP contribution >= 0.6 is 11.3 Å². The van der Waals surface area contributed by atoms with Crippen molar-refractivity contribution in [2.45, 2.75) is 52.5 Å². The normalized spacial score (nSPS) is 13.8. The molecular weight excluding hydrogens is 322 g/mol. The number of thiophene rings is 1. The van der Waals surface area contributed by atoms with Crippen molar-refractivity contribution in [2.24, 2.45) is 4.99 Å². The van der Waals surface area contributed by atoms with E-state index in [1.54, 1.807) is 11.3 Å². The maximum absolute atomic E-state index is 5.30. The van der Waals surface area contributed by atoms with Gasteiger partial charge in [-0.15, -0.1) is 0 Å². The number of guanidine groups is 1. The van der Waals surface area contributed by atoms with Crippen LogP contribution in [0, 0.1) is 0 Å². The summed E-state index contributed by atoms with van der Waals surface area (Å²) < 4.78 is 5.30. The Kier molecular flexibility index (Phi) is 6.36. The highest BCUT2D eigenvalue weighted by atomic mass is 32.1. The summed E-state index contributed by atoms with van der Waals surface area (Å²) in [6.07, 6.45) is 0. The second-order valence-electron chi connectivity index (χ2n) is 6.80. The highest BCUT2D eigenvalue weighted by Gasteiger charge is 2.21. The van der Waals surface area contributed by atoms with Gasteiger partial charge in [0.2, 0.25) is 5.89 Å². The summed E-state index contributed by atoms with van der Waals surface area (Å²) >= 11 is 1.72. The molecule has 6 nitrogen and oxygen atoms in total. The van der Waals surface area contributed by atoms with Gasteiger partial charge in [0.25, 0.3) is 0 Å². The Balaban J connectivity index is 1.94. The Hall–Kier alpha value is -1.89.